The zero-order valence-electron chi connectivity index (χ0n) is 18.4. The van der Waals surface area contributed by atoms with Crippen LogP contribution in [-0.4, -0.2) is 66.5 Å². The van der Waals surface area contributed by atoms with Crippen LogP contribution in [0.5, 0.6) is 0 Å². The quantitative estimate of drug-likeness (QED) is 0.310. The molecule has 0 atom stereocenters. The minimum atomic E-state index is 0. The van der Waals surface area contributed by atoms with Crippen molar-refractivity contribution in [3.8, 4) is 0 Å². The molecule has 3 heterocycles. The van der Waals surface area contributed by atoms with Crippen LogP contribution in [0.15, 0.2) is 34.8 Å². The highest BCUT2D eigenvalue weighted by Gasteiger charge is 2.21. The second-order valence-electron chi connectivity index (χ2n) is 7.48. The number of guanidine groups is 1. The zero-order valence-corrected chi connectivity index (χ0v) is 21.5. The van der Waals surface area contributed by atoms with Gasteiger partial charge in [0.05, 0.1) is 12.2 Å². The van der Waals surface area contributed by atoms with Crippen molar-refractivity contribution in [1.82, 2.24) is 25.5 Å². The molecule has 31 heavy (non-hydrogen) atoms. The fraction of sp³-hybridized carbons (Fsp3) is 0.524. The maximum atomic E-state index is 12.5. The Balaban J connectivity index is 0.00000341. The molecule has 2 aromatic heterocycles. The number of rotatable bonds is 7. The summed E-state index contributed by atoms with van der Waals surface area (Å²) in [6.07, 6.45) is 2.25. The standard InChI is InChI=1S/C21H31N7OS.HI/c1-16(2)17-15-30-19(26-17)14-25-21(22-3)24-9-7-20(29)28-12-10-27(11-13-28)18-6-4-5-8-23-18;/h4-6,8,15-16H,7,9-14H2,1-3H3,(H2,22,24,25);1H. The lowest BCUT2D eigenvalue weighted by molar-refractivity contribution is -0.131. The summed E-state index contributed by atoms with van der Waals surface area (Å²) >= 11 is 1.65. The molecule has 0 unspecified atom stereocenters. The maximum Gasteiger partial charge on any atom is 0.224 e. The Morgan fingerprint density at radius 1 is 1.23 bits per heavy atom. The van der Waals surface area contributed by atoms with Crippen LogP contribution in [-0.2, 0) is 11.3 Å². The molecule has 3 rings (SSSR count). The molecule has 1 saturated heterocycles. The Morgan fingerprint density at radius 2 is 2.00 bits per heavy atom. The van der Waals surface area contributed by atoms with Crippen molar-refractivity contribution < 1.29 is 4.79 Å². The van der Waals surface area contributed by atoms with Gasteiger partial charge in [0, 0.05) is 57.8 Å². The van der Waals surface area contributed by atoms with E-state index in [1.807, 2.05) is 23.1 Å². The summed E-state index contributed by atoms with van der Waals surface area (Å²) in [5, 5.41) is 9.62. The van der Waals surface area contributed by atoms with Gasteiger partial charge in [-0.25, -0.2) is 9.97 Å². The second-order valence-corrected chi connectivity index (χ2v) is 8.42. The lowest BCUT2D eigenvalue weighted by Gasteiger charge is -2.35. The molecule has 1 aliphatic rings. The highest BCUT2D eigenvalue weighted by Crippen LogP contribution is 2.17. The highest BCUT2D eigenvalue weighted by atomic mass is 127. The van der Waals surface area contributed by atoms with E-state index in [-0.39, 0.29) is 29.9 Å². The van der Waals surface area contributed by atoms with Gasteiger partial charge in [0.15, 0.2) is 5.96 Å². The van der Waals surface area contributed by atoms with E-state index in [0.29, 0.717) is 31.4 Å². The van der Waals surface area contributed by atoms with Gasteiger partial charge in [-0.15, -0.1) is 35.3 Å². The molecule has 2 N–H and O–H groups in total. The number of nitrogens with one attached hydrogen (secondary N) is 2. The molecular weight excluding hydrogens is 525 g/mol. The largest absolute Gasteiger partial charge is 0.356 e. The molecule has 1 fully saturated rings. The highest BCUT2D eigenvalue weighted by molar-refractivity contribution is 14.0. The summed E-state index contributed by atoms with van der Waals surface area (Å²) in [6.45, 7) is 8.53. The molecule has 8 nitrogen and oxygen atoms in total. The number of carbonyl (C=O) groups excluding carboxylic acids is 1. The number of carbonyl (C=O) groups is 1. The van der Waals surface area contributed by atoms with Gasteiger partial charge in [0.1, 0.15) is 10.8 Å². The van der Waals surface area contributed by atoms with E-state index in [9.17, 15) is 4.79 Å². The van der Waals surface area contributed by atoms with E-state index in [1.165, 1.54) is 0 Å². The van der Waals surface area contributed by atoms with Gasteiger partial charge in [-0.3, -0.25) is 9.79 Å². The minimum absolute atomic E-state index is 0. The van der Waals surface area contributed by atoms with Crippen molar-refractivity contribution >= 4 is 53.0 Å². The lowest BCUT2D eigenvalue weighted by atomic mass is 10.2. The van der Waals surface area contributed by atoms with E-state index in [1.54, 1.807) is 24.6 Å². The van der Waals surface area contributed by atoms with E-state index in [4.69, 9.17) is 0 Å². The number of aliphatic imine (C=N–C) groups is 1. The van der Waals surface area contributed by atoms with Crippen LogP contribution in [0, 0.1) is 0 Å². The number of pyridine rings is 1. The Kier molecular flexibility index (Phi) is 10.4. The topological polar surface area (TPSA) is 85.8 Å². The smallest absolute Gasteiger partial charge is 0.224 e. The molecule has 0 radical (unpaired) electrons. The summed E-state index contributed by atoms with van der Waals surface area (Å²) < 4.78 is 0. The number of aromatic nitrogens is 2. The predicted octanol–water partition coefficient (Wildman–Crippen LogP) is 2.68. The number of nitrogens with zero attached hydrogens (tertiary/aromatic N) is 5. The van der Waals surface area contributed by atoms with Crippen LogP contribution in [0.3, 0.4) is 0 Å². The van der Waals surface area contributed by atoms with E-state index < -0.39 is 0 Å². The Bertz CT molecular complexity index is 835. The molecule has 1 amide bonds. The van der Waals surface area contributed by atoms with Crippen LogP contribution in [0.1, 0.15) is 36.9 Å². The molecule has 0 saturated carbocycles. The molecule has 0 aliphatic carbocycles. The van der Waals surface area contributed by atoms with Gasteiger partial charge in [-0.2, -0.15) is 0 Å². The van der Waals surface area contributed by atoms with Crippen LogP contribution < -0.4 is 15.5 Å². The SMILES string of the molecule is CN=C(NCCC(=O)N1CCN(c2ccccn2)CC1)NCc1nc(C(C)C)cs1.I. The number of thiazole rings is 1. The minimum Gasteiger partial charge on any atom is -0.356 e. The molecular formula is C21H32IN7OS. The Labute approximate surface area is 205 Å². The average Bonchev–Trinajstić information content (AvgIpc) is 3.26. The van der Waals surface area contributed by atoms with Gasteiger partial charge in [-0.05, 0) is 18.1 Å². The fourth-order valence-electron chi connectivity index (χ4n) is 3.22. The molecule has 170 valence electrons. The van der Waals surface area contributed by atoms with Crippen LogP contribution in [0.4, 0.5) is 5.82 Å². The maximum absolute atomic E-state index is 12.5. The first-order chi connectivity index (χ1) is 14.6. The van der Waals surface area contributed by atoms with Crippen LogP contribution in [0.2, 0.25) is 0 Å². The van der Waals surface area contributed by atoms with Crippen molar-refractivity contribution in [2.75, 3.05) is 44.7 Å². The third-order valence-electron chi connectivity index (χ3n) is 5.03. The number of piperazine rings is 1. The fourth-order valence-corrected chi connectivity index (χ4v) is 4.12. The first-order valence-electron chi connectivity index (χ1n) is 10.4. The number of halogens is 1. The molecule has 0 bridgehead atoms. The summed E-state index contributed by atoms with van der Waals surface area (Å²) in [4.78, 5) is 29.9. The third-order valence-corrected chi connectivity index (χ3v) is 5.90. The summed E-state index contributed by atoms with van der Waals surface area (Å²) in [7, 11) is 1.73. The number of hydrogen-bond acceptors (Lipinski definition) is 6. The van der Waals surface area contributed by atoms with Gasteiger partial charge in [0.25, 0.3) is 0 Å². The third kappa shape index (κ3) is 7.60. The Morgan fingerprint density at radius 3 is 2.61 bits per heavy atom. The van der Waals surface area contributed by atoms with Gasteiger partial charge in [0.2, 0.25) is 5.91 Å². The number of amides is 1. The predicted molar refractivity (Wildman–Crippen MR) is 137 cm³/mol. The van der Waals surface area contributed by atoms with Crippen LogP contribution in [0.25, 0.3) is 0 Å². The summed E-state index contributed by atoms with van der Waals surface area (Å²) in [6, 6.07) is 5.92. The van der Waals surface area contributed by atoms with Crippen molar-refractivity contribution in [1.29, 1.82) is 0 Å². The van der Waals surface area contributed by atoms with Crippen molar-refractivity contribution in [3.05, 3.63) is 40.5 Å². The first-order valence-corrected chi connectivity index (χ1v) is 11.3. The second kappa shape index (κ2) is 12.8. The van der Waals surface area contributed by atoms with Crippen molar-refractivity contribution in [2.24, 2.45) is 4.99 Å². The lowest BCUT2D eigenvalue weighted by Crippen LogP contribution is -2.49. The van der Waals surface area contributed by atoms with Gasteiger partial charge < -0.3 is 20.4 Å². The van der Waals surface area contributed by atoms with E-state index >= 15 is 0 Å². The normalized spacial score (nSPS) is 14.4. The monoisotopic (exact) mass is 557 g/mol. The summed E-state index contributed by atoms with van der Waals surface area (Å²) in [5.74, 6) is 2.26. The first kappa shape index (κ1) is 25.3. The average molecular weight is 558 g/mol. The number of anilines is 1. The number of hydrogen-bond donors (Lipinski definition) is 2. The van der Waals surface area contributed by atoms with Crippen molar-refractivity contribution in [3.63, 3.8) is 0 Å². The van der Waals surface area contributed by atoms with Gasteiger partial charge in [-0.1, -0.05) is 19.9 Å². The molecule has 1 aliphatic heterocycles. The van der Waals surface area contributed by atoms with E-state index in [2.05, 4.69) is 49.7 Å². The molecule has 10 heteroatoms. The van der Waals surface area contributed by atoms with Gasteiger partial charge >= 0.3 is 0 Å². The zero-order chi connectivity index (χ0) is 21.3. The van der Waals surface area contributed by atoms with Crippen LogP contribution >= 0.6 is 35.3 Å². The molecule has 0 spiro atoms. The summed E-state index contributed by atoms with van der Waals surface area (Å²) in [5.41, 5.74) is 1.12. The van der Waals surface area contributed by atoms with E-state index in [0.717, 1.165) is 42.7 Å². The molecule has 2 aromatic rings. The molecule has 0 aromatic carbocycles. The Hall–Kier alpha value is -1.95. The van der Waals surface area contributed by atoms with Crippen molar-refractivity contribution in [2.45, 2.75) is 32.7 Å².